The molecule has 0 aliphatic carbocycles. The van der Waals surface area contributed by atoms with Gasteiger partial charge in [-0.2, -0.15) is 0 Å². The lowest BCUT2D eigenvalue weighted by atomic mass is 10.0. The van der Waals surface area contributed by atoms with Crippen LogP contribution in [0.3, 0.4) is 0 Å². The number of hydrogen-bond donors (Lipinski definition) is 1. The Balaban J connectivity index is 2.58. The molecule has 0 aliphatic heterocycles. The minimum atomic E-state index is 0.586. The van der Waals surface area contributed by atoms with Crippen LogP contribution >= 0.6 is 0 Å². The van der Waals surface area contributed by atoms with Crippen molar-refractivity contribution in [2.75, 3.05) is 14.1 Å². The summed E-state index contributed by atoms with van der Waals surface area (Å²) >= 11 is 0. The first-order valence-electron chi connectivity index (χ1n) is 6.87. The maximum atomic E-state index is 5.88. The third-order valence-electron chi connectivity index (χ3n) is 3.38. The molecule has 1 atom stereocenters. The third-order valence-corrected chi connectivity index (χ3v) is 3.38. The van der Waals surface area contributed by atoms with Crippen LogP contribution in [0.2, 0.25) is 0 Å². The van der Waals surface area contributed by atoms with Gasteiger partial charge in [0.25, 0.3) is 0 Å². The molecule has 0 saturated carbocycles. The number of furan rings is 1. The van der Waals surface area contributed by atoms with E-state index in [1.165, 1.54) is 12.0 Å². The van der Waals surface area contributed by atoms with E-state index in [1.807, 2.05) is 7.05 Å². The highest BCUT2D eigenvalue weighted by Crippen LogP contribution is 2.18. The highest BCUT2D eigenvalue weighted by Gasteiger charge is 2.14. The molecule has 0 bridgehead atoms. The molecular weight excluding hydrogens is 224 g/mol. The highest BCUT2D eigenvalue weighted by molar-refractivity contribution is 5.20. The van der Waals surface area contributed by atoms with Crippen LogP contribution in [0.15, 0.2) is 10.5 Å². The Kier molecular flexibility index (Phi) is 5.89. The van der Waals surface area contributed by atoms with Gasteiger partial charge in [0.05, 0.1) is 13.1 Å². The quantitative estimate of drug-likeness (QED) is 0.808. The van der Waals surface area contributed by atoms with Crippen molar-refractivity contribution in [3.05, 3.63) is 23.2 Å². The van der Waals surface area contributed by atoms with Crippen molar-refractivity contribution in [1.29, 1.82) is 0 Å². The molecule has 1 unspecified atom stereocenters. The van der Waals surface area contributed by atoms with Gasteiger partial charge in [0.15, 0.2) is 0 Å². The SMILES string of the molecule is CNCc1oc(CN(C)C(C)CC(C)C)cc1C. The molecule has 1 aromatic rings. The van der Waals surface area contributed by atoms with E-state index < -0.39 is 0 Å². The third kappa shape index (κ3) is 4.46. The minimum Gasteiger partial charge on any atom is -0.463 e. The normalized spacial score (nSPS) is 13.6. The van der Waals surface area contributed by atoms with Crippen molar-refractivity contribution in [2.24, 2.45) is 5.92 Å². The summed E-state index contributed by atoms with van der Waals surface area (Å²) in [6.45, 7) is 10.6. The van der Waals surface area contributed by atoms with E-state index in [2.05, 4.69) is 51.0 Å². The van der Waals surface area contributed by atoms with Gasteiger partial charge in [-0.05, 0) is 51.9 Å². The number of nitrogens with zero attached hydrogens (tertiary/aromatic N) is 1. The second-order valence-electron chi connectivity index (χ2n) is 5.74. The van der Waals surface area contributed by atoms with Gasteiger partial charge in [-0.25, -0.2) is 0 Å². The Hall–Kier alpha value is -0.800. The van der Waals surface area contributed by atoms with Crippen LogP contribution in [-0.2, 0) is 13.1 Å². The number of rotatable bonds is 7. The lowest BCUT2D eigenvalue weighted by Crippen LogP contribution is -2.29. The zero-order valence-corrected chi connectivity index (χ0v) is 12.7. The average Bonchev–Trinajstić information content (AvgIpc) is 2.58. The Morgan fingerprint density at radius 2 is 2.00 bits per heavy atom. The molecule has 104 valence electrons. The summed E-state index contributed by atoms with van der Waals surface area (Å²) in [7, 11) is 4.11. The summed E-state index contributed by atoms with van der Waals surface area (Å²) in [5.41, 5.74) is 1.24. The van der Waals surface area contributed by atoms with Crippen molar-refractivity contribution in [2.45, 2.75) is 53.2 Å². The fraction of sp³-hybridized carbons (Fsp3) is 0.733. The summed E-state index contributed by atoms with van der Waals surface area (Å²) in [4.78, 5) is 2.36. The number of hydrogen-bond acceptors (Lipinski definition) is 3. The molecule has 0 aliphatic rings. The molecule has 18 heavy (non-hydrogen) atoms. The molecule has 0 amide bonds. The van der Waals surface area contributed by atoms with E-state index in [0.717, 1.165) is 30.5 Å². The summed E-state index contributed by atoms with van der Waals surface area (Å²) in [5.74, 6) is 2.86. The predicted molar refractivity (Wildman–Crippen MR) is 76.6 cm³/mol. The molecule has 0 spiro atoms. The summed E-state index contributed by atoms with van der Waals surface area (Å²) < 4.78 is 5.88. The monoisotopic (exact) mass is 252 g/mol. The van der Waals surface area contributed by atoms with Crippen LogP contribution in [-0.4, -0.2) is 25.0 Å². The average molecular weight is 252 g/mol. The fourth-order valence-corrected chi connectivity index (χ4v) is 2.27. The van der Waals surface area contributed by atoms with Crippen molar-refractivity contribution >= 4 is 0 Å². The van der Waals surface area contributed by atoms with Crippen molar-refractivity contribution in [1.82, 2.24) is 10.2 Å². The van der Waals surface area contributed by atoms with Crippen molar-refractivity contribution in [3.63, 3.8) is 0 Å². The first-order chi connectivity index (χ1) is 8.43. The zero-order valence-electron chi connectivity index (χ0n) is 12.7. The van der Waals surface area contributed by atoms with E-state index in [-0.39, 0.29) is 0 Å². The molecule has 3 heteroatoms. The maximum Gasteiger partial charge on any atom is 0.120 e. The Labute approximate surface area is 112 Å². The largest absolute Gasteiger partial charge is 0.463 e. The summed E-state index contributed by atoms with van der Waals surface area (Å²) in [6, 6.07) is 2.74. The van der Waals surface area contributed by atoms with Gasteiger partial charge >= 0.3 is 0 Å². The topological polar surface area (TPSA) is 28.4 Å². The van der Waals surface area contributed by atoms with Gasteiger partial charge in [0.1, 0.15) is 11.5 Å². The van der Waals surface area contributed by atoms with E-state index >= 15 is 0 Å². The molecule has 0 fully saturated rings. The highest BCUT2D eigenvalue weighted by atomic mass is 16.3. The molecule has 3 nitrogen and oxygen atoms in total. The smallest absolute Gasteiger partial charge is 0.120 e. The lowest BCUT2D eigenvalue weighted by Gasteiger charge is -2.25. The minimum absolute atomic E-state index is 0.586. The first kappa shape index (κ1) is 15.3. The Morgan fingerprint density at radius 1 is 1.33 bits per heavy atom. The molecule has 1 aromatic heterocycles. The van der Waals surface area contributed by atoms with Gasteiger partial charge in [0.2, 0.25) is 0 Å². The molecule has 0 radical (unpaired) electrons. The standard InChI is InChI=1S/C15H28N2O/c1-11(2)7-13(4)17(6)10-14-8-12(3)15(18-14)9-16-5/h8,11,13,16H,7,9-10H2,1-6H3. The molecule has 1 N–H and O–H groups in total. The fourth-order valence-electron chi connectivity index (χ4n) is 2.27. The predicted octanol–water partition coefficient (Wildman–Crippen LogP) is 3.17. The zero-order chi connectivity index (χ0) is 13.7. The van der Waals surface area contributed by atoms with Crippen molar-refractivity contribution in [3.8, 4) is 0 Å². The molecule has 0 saturated heterocycles. The summed E-state index contributed by atoms with van der Waals surface area (Å²) in [5, 5.41) is 3.13. The maximum absolute atomic E-state index is 5.88. The van der Waals surface area contributed by atoms with E-state index in [9.17, 15) is 0 Å². The Bertz CT molecular complexity index is 357. The summed E-state index contributed by atoms with van der Waals surface area (Å²) in [6.07, 6.45) is 1.22. The second-order valence-corrected chi connectivity index (χ2v) is 5.74. The van der Waals surface area contributed by atoms with Crippen LogP contribution in [0.5, 0.6) is 0 Å². The molecule has 0 aromatic carbocycles. The van der Waals surface area contributed by atoms with E-state index in [0.29, 0.717) is 6.04 Å². The van der Waals surface area contributed by atoms with Crippen LogP contribution in [0.1, 0.15) is 44.3 Å². The van der Waals surface area contributed by atoms with Gasteiger partial charge < -0.3 is 9.73 Å². The van der Waals surface area contributed by atoms with Crippen LogP contribution in [0.4, 0.5) is 0 Å². The van der Waals surface area contributed by atoms with Gasteiger partial charge in [-0.1, -0.05) is 13.8 Å². The second kappa shape index (κ2) is 6.95. The van der Waals surface area contributed by atoms with Crippen LogP contribution in [0, 0.1) is 12.8 Å². The van der Waals surface area contributed by atoms with Crippen LogP contribution < -0.4 is 5.32 Å². The lowest BCUT2D eigenvalue weighted by molar-refractivity contribution is 0.203. The molecule has 1 rings (SSSR count). The number of aryl methyl sites for hydroxylation is 1. The molecule has 1 heterocycles. The van der Waals surface area contributed by atoms with Gasteiger partial charge in [-0.3, -0.25) is 4.90 Å². The number of nitrogens with one attached hydrogen (secondary N) is 1. The van der Waals surface area contributed by atoms with E-state index in [4.69, 9.17) is 4.42 Å². The Morgan fingerprint density at radius 3 is 2.56 bits per heavy atom. The van der Waals surface area contributed by atoms with Gasteiger partial charge in [0, 0.05) is 6.04 Å². The van der Waals surface area contributed by atoms with E-state index in [1.54, 1.807) is 0 Å². The van der Waals surface area contributed by atoms with Crippen LogP contribution in [0.25, 0.3) is 0 Å². The van der Waals surface area contributed by atoms with Gasteiger partial charge in [-0.15, -0.1) is 0 Å². The molecular formula is C15H28N2O. The van der Waals surface area contributed by atoms with Crippen molar-refractivity contribution < 1.29 is 4.42 Å². The first-order valence-corrected chi connectivity index (χ1v) is 6.87.